The summed E-state index contributed by atoms with van der Waals surface area (Å²) in [6.45, 7) is 2.88. The number of nitrogens with one attached hydrogen (secondary N) is 1. The van der Waals surface area contributed by atoms with Crippen molar-refractivity contribution in [2.75, 3.05) is 0 Å². The number of carbonyl (C=O) groups is 1. The topological polar surface area (TPSA) is 88.6 Å². The number of hydrogen-bond acceptors (Lipinski definition) is 2. The van der Waals surface area contributed by atoms with E-state index in [4.69, 9.17) is 0 Å². The van der Waals surface area contributed by atoms with Gasteiger partial charge in [0.2, 0.25) is 0 Å². The van der Waals surface area contributed by atoms with Gasteiger partial charge in [0.05, 0.1) is 5.91 Å². The average Bonchev–Trinajstić information content (AvgIpc) is 1.38. The van der Waals surface area contributed by atoms with Crippen molar-refractivity contribution in [3.8, 4) is 0 Å². The van der Waals surface area contributed by atoms with E-state index in [1.165, 1.54) is 0 Å². The van der Waals surface area contributed by atoms with E-state index < -0.39 is 5.91 Å². The van der Waals surface area contributed by atoms with Crippen LogP contribution in [0.1, 0.15) is 0 Å². The second kappa shape index (κ2) is 29.3. The van der Waals surface area contributed by atoms with E-state index in [1.807, 2.05) is 0 Å². The molecule has 0 unspecified atom stereocenters. The summed E-state index contributed by atoms with van der Waals surface area (Å²) in [5.41, 5.74) is 1.78. The van der Waals surface area contributed by atoms with Crippen LogP contribution in [0.5, 0.6) is 0 Å². The predicted molar refractivity (Wildman–Crippen MR) is 23.0 cm³/mol. The number of carbonyl (C=O) groups excluding carboxylic acids is 1. The van der Waals surface area contributed by atoms with Crippen molar-refractivity contribution in [1.82, 2.24) is 5.43 Å². The molecule has 50 valence electrons. The minimum atomic E-state index is -0.468. The molecule has 0 atom stereocenters. The Morgan fingerprint density at radius 2 is 1.30 bits per heavy atom. The van der Waals surface area contributed by atoms with Gasteiger partial charge in [0.25, 0.3) is 0 Å². The third-order valence-corrected chi connectivity index (χ3v) is 0.161. The molecule has 0 fully saturated rings. The van der Waals surface area contributed by atoms with Gasteiger partial charge in [0.1, 0.15) is 0 Å². The SMILES string of the molecule is [CH2-]C(=O)NN.[NH2-].[Y].[Y].[Y].[Y]. The van der Waals surface area contributed by atoms with Gasteiger partial charge in [-0.15, -0.1) is 0 Å². The molecule has 0 aromatic rings. The molecule has 4 nitrogen and oxygen atoms in total. The molecule has 0 aliphatic carbocycles. The molecule has 0 saturated carbocycles. The van der Waals surface area contributed by atoms with Crippen molar-refractivity contribution in [3.05, 3.63) is 13.1 Å². The molecule has 0 rings (SSSR count). The quantitative estimate of drug-likeness (QED) is 0.229. The van der Waals surface area contributed by atoms with Crippen molar-refractivity contribution in [3.63, 3.8) is 0 Å². The zero-order valence-corrected chi connectivity index (χ0v) is 16.9. The second-order valence-corrected chi connectivity index (χ2v) is 0.568. The van der Waals surface area contributed by atoms with Crippen LogP contribution in [0.2, 0.25) is 0 Å². The number of hydrogen-bond donors (Lipinski definition) is 2. The number of hydrazine groups is 1. The van der Waals surface area contributed by atoms with E-state index in [-0.39, 0.29) is 137 Å². The van der Waals surface area contributed by atoms with E-state index in [1.54, 1.807) is 5.43 Å². The predicted octanol–water partition coefficient (Wildman–Crippen LogP) is -0.483. The minimum Gasteiger partial charge on any atom is -0.693 e. The van der Waals surface area contributed by atoms with E-state index in [9.17, 15) is 4.79 Å². The van der Waals surface area contributed by atoms with Gasteiger partial charge in [-0.1, -0.05) is 0 Å². The Morgan fingerprint density at radius 3 is 1.30 bits per heavy atom. The summed E-state index contributed by atoms with van der Waals surface area (Å²) in [7, 11) is 0. The Bertz CT molecular complexity index is 53.8. The van der Waals surface area contributed by atoms with Crippen LogP contribution in [-0.2, 0) is 136 Å². The third-order valence-electron chi connectivity index (χ3n) is 0.161. The van der Waals surface area contributed by atoms with E-state index in [2.05, 4.69) is 12.8 Å². The first-order chi connectivity index (χ1) is 2.27. The number of rotatable bonds is 0. The molecule has 0 aliphatic rings. The molecule has 8 heteroatoms. The van der Waals surface area contributed by atoms with Crippen LogP contribution in [0.4, 0.5) is 0 Å². The summed E-state index contributed by atoms with van der Waals surface area (Å²) in [5, 5.41) is 0. The molecule has 0 aliphatic heterocycles. The van der Waals surface area contributed by atoms with Crippen LogP contribution >= 0.6 is 0 Å². The minimum absolute atomic E-state index is 0. The fourth-order valence-corrected chi connectivity index (χ4v) is 0. The molecule has 5 N–H and O–H groups in total. The normalized spacial score (nSPS) is 3.30. The van der Waals surface area contributed by atoms with Crippen molar-refractivity contribution < 1.29 is 136 Å². The molecule has 0 spiro atoms. The average molecular weight is 445 g/mol. The van der Waals surface area contributed by atoms with Crippen LogP contribution in [0.15, 0.2) is 0 Å². The Kier molecular flexibility index (Phi) is 109. The van der Waals surface area contributed by atoms with Crippen LogP contribution in [-0.4, -0.2) is 5.91 Å². The maximum absolute atomic E-state index is 9.47. The molecular formula is C2H7N3OY4-2. The number of nitrogens with two attached hydrogens (primary N) is 2. The van der Waals surface area contributed by atoms with E-state index in [0.29, 0.717) is 0 Å². The molecule has 0 aromatic carbocycles. The van der Waals surface area contributed by atoms with Crippen LogP contribution in [0, 0.1) is 6.92 Å². The maximum Gasteiger partial charge on any atom is 0.0937 e. The molecule has 0 heterocycles. The smallest absolute Gasteiger partial charge is 0.0937 e. The standard InChI is InChI=1S/C2H5N2O.H2N.4Y/c1-2(5)4-3;;;;;/h1,3H2,(H,4,5);1H2;;;;/q2*-1;;;;. The third kappa shape index (κ3) is 41.3. The maximum atomic E-state index is 9.47. The van der Waals surface area contributed by atoms with Crippen LogP contribution < -0.4 is 11.3 Å². The molecule has 0 saturated heterocycles. The Hall–Kier alpha value is 3.68. The summed E-state index contributed by atoms with van der Waals surface area (Å²) in [5.74, 6) is 4.04. The van der Waals surface area contributed by atoms with Crippen molar-refractivity contribution in [1.29, 1.82) is 0 Å². The van der Waals surface area contributed by atoms with Gasteiger partial charge in [0.15, 0.2) is 0 Å². The Morgan fingerprint density at radius 1 is 1.20 bits per heavy atom. The summed E-state index contributed by atoms with van der Waals surface area (Å²) >= 11 is 0. The molecule has 0 bridgehead atoms. The zero-order chi connectivity index (χ0) is 4.28. The first kappa shape index (κ1) is 37.3. The van der Waals surface area contributed by atoms with Crippen molar-refractivity contribution >= 4 is 5.91 Å². The second-order valence-electron chi connectivity index (χ2n) is 0.568. The summed E-state index contributed by atoms with van der Waals surface area (Å²) < 4.78 is 0. The van der Waals surface area contributed by atoms with Gasteiger partial charge in [-0.2, -0.15) is 0 Å². The summed E-state index contributed by atoms with van der Waals surface area (Å²) in [6, 6.07) is 0. The van der Waals surface area contributed by atoms with Gasteiger partial charge in [-0.05, 0) is 0 Å². The summed E-state index contributed by atoms with van der Waals surface area (Å²) in [6.07, 6.45) is 0. The van der Waals surface area contributed by atoms with Gasteiger partial charge >= 0.3 is 0 Å². The molecular weight excluding hydrogens is 438 g/mol. The first-order valence-corrected chi connectivity index (χ1v) is 1.10. The fraction of sp³-hybridized carbons (Fsp3) is 0. The summed E-state index contributed by atoms with van der Waals surface area (Å²) in [4.78, 5) is 9.47. The monoisotopic (exact) mass is 445 g/mol. The van der Waals surface area contributed by atoms with E-state index >= 15 is 0 Å². The zero-order valence-electron chi connectivity index (χ0n) is 5.58. The van der Waals surface area contributed by atoms with Crippen LogP contribution in [0.25, 0.3) is 6.15 Å². The Balaban J connectivity index is -0.00000000800. The molecule has 1 amide bonds. The largest absolute Gasteiger partial charge is 0.693 e. The van der Waals surface area contributed by atoms with Gasteiger partial charge in [-0.3, -0.25) is 5.84 Å². The van der Waals surface area contributed by atoms with Gasteiger partial charge in [-0.25, -0.2) is 0 Å². The molecule has 4 radical (unpaired) electrons. The molecule has 0 aromatic heterocycles. The number of amides is 1. The van der Waals surface area contributed by atoms with Gasteiger partial charge < -0.3 is 23.3 Å². The van der Waals surface area contributed by atoms with Crippen molar-refractivity contribution in [2.45, 2.75) is 0 Å². The van der Waals surface area contributed by atoms with Gasteiger partial charge in [0, 0.05) is 131 Å². The molecule has 10 heavy (non-hydrogen) atoms. The van der Waals surface area contributed by atoms with Crippen LogP contribution in [0.3, 0.4) is 0 Å². The van der Waals surface area contributed by atoms with Crippen molar-refractivity contribution in [2.24, 2.45) is 5.84 Å². The first-order valence-electron chi connectivity index (χ1n) is 1.10. The van der Waals surface area contributed by atoms with E-state index in [0.717, 1.165) is 0 Å². The Labute approximate surface area is 162 Å². The fourth-order valence-electron chi connectivity index (χ4n) is 0.